The van der Waals surface area contributed by atoms with Gasteiger partial charge in [0.15, 0.2) is 0 Å². The molecule has 0 unspecified atom stereocenters. The smallest absolute Gasteiger partial charge is 0.315 e. The Morgan fingerprint density at radius 1 is 0.949 bits per heavy atom. The van der Waals surface area contributed by atoms with Crippen LogP contribution in [0, 0.1) is 0 Å². The van der Waals surface area contributed by atoms with Crippen LogP contribution in [0.3, 0.4) is 0 Å². The Kier molecular flexibility index (Phi) is 8.55. The summed E-state index contributed by atoms with van der Waals surface area (Å²) in [7, 11) is 0. The number of carbonyl (C=O) groups excluding carboxylic acids is 2. The molecule has 11 heteroatoms. The van der Waals surface area contributed by atoms with E-state index in [9.17, 15) is 22.8 Å². The van der Waals surface area contributed by atoms with Crippen LogP contribution in [0.4, 0.5) is 29.5 Å². The highest BCUT2D eigenvalue weighted by molar-refractivity contribution is 6.30. The molecule has 4 aromatic rings. The Balaban J connectivity index is 1.51. The molecule has 7 nitrogen and oxygen atoms in total. The van der Waals surface area contributed by atoms with Gasteiger partial charge in [-0.2, -0.15) is 18.3 Å². The van der Waals surface area contributed by atoms with E-state index < -0.39 is 23.7 Å². The summed E-state index contributed by atoms with van der Waals surface area (Å²) in [5.41, 5.74) is 1.51. The molecule has 39 heavy (non-hydrogen) atoms. The first kappa shape index (κ1) is 27.7. The second kappa shape index (κ2) is 12.0. The van der Waals surface area contributed by atoms with Crippen molar-refractivity contribution in [3.05, 3.63) is 95.5 Å². The van der Waals surface area contributed by atoms with Gasteiger partial charge in [-0.25, -0.2) is 9.48 Å². The summed E-state index contributed by atoms with van der Waals surface area (Å²) in [4.78, 5) is 27.2. The van der Waals surface area contributed by atoms with E-state index in [1.807, 2.05) is 37.3 Å². The van der Waals surface area contributed by atoms with Crippen molar-refractivity contribution in [3.63, 3.8) is 0 Å². The molecule has 0 saturated carbocycles. The third-order valence-corrected chi connectivity index (χ3v) is 5.95. The maximum atomic E-state index is 13.1. The largest absolute Gasteiger partial charge is 0.416 e. The van der Waals surface area contributed by atoms with Gasteiger partial charge in [-0.15, -0.1) is 0 Å². The first-order valence-corrected chi connectivity index (χ1v) is 12.5. The molecule has 0 spiro atoms. The predicted octanol–water partition coefficient (Wildman–Crippen LogP) is 7.09. The maximum Gasteiger partial charge on any atom is 0.416 e. The van der Waals surface area contributed by atoms with Crippen molar-refractivity contribution in [1.29, 1.82) is 0 Å². The first-order chi connectivity index (χ1) is 18.6. The molecule has 0 atom stereocenters. The van der Waals surface area contributed by atoms with Gasteiger partial charge in [0.1, 0.15) is 12.4 Å². The number of carbonyl (C=O) groups is 2. The molecular formula is C28H25ClF3N5O2. The molecule has 0 radical (unpaired) electrons. The number of urea groups is 1. The van der Waals surface area contributed by atoms with E-state index in [2.05, 4.69) is 15.7 Å². The number of halogens is 4. The van der Waals surface area contributed by atoms with Crippen LogP contribution >= 0.6 is 11.6 Å². The molecule has 0 saturated heterocycles. The molecule has 0 aliphatic rings. The summed E-state index contributed by atoms with van der Waals surface area (Å²) in [6.07, 6.45) is -3.91. The van der Waals surface area contributed by atoms with Crippen LogP contribution in [0.1, 0.15) is 18.9 Å². The third kappa shape index (κ3) is 7.17. The number of nitrogens with zero attached hydrogens (tertiary/aromatic N) is 3. The number of anilines is 2. The lowest BCUT2D eigenvalue weighted by Crippen LogP contribution is -2.41. The minimum absolute atomic E-state index is 0.183. The van der Waals surface area contributed by atoms with Gasteiger partial charge in [-0.3, -0.25) is 4.79 Å². The average molecular weight is 556 g/mol. The van der Waals surface area contributed by atoms with Crippen LogP contribution in [-0.2, 0) is 11.0 Å². The molecule has 0 bridgehead atoms. The zero-order valence-corrected chi connectivity index (χ0v) is 21.6. The minimum atomic E-state index is -4.48. The Labute approximate surface area is 228 Å². The highest BCUT2D eigenvalue weighted by Gasteiger charge is 2.30. The van der Waals surface area contributed by atoms with Gasteiger partial charge in [-0.1, -0.05) is 48.9 Å². The van der Waals surface area contributed by atoms with E-state index in [1.54, 1.807) is 35.0 Å². The lowest BCUT2D eigenvalue weighted by Gasteiger charge is -2.22. The molecule has 3 amide bonds. The fourth-order valence-electron chi connectivity index (χ4n) is 3.82. The Morgan fingerprint density at radius 2 is 1.62 bits per heavy atom. The molecule has 1 heterocycles. The molecule has 0 aliphatic carbocycles. The zero-order chi connectivity index (χ0) is 28.0. The van der Waals surface area contributed by atoms with Gasteiger partial charge in [0, 0.05) is 28.9 Å². The molecule has 3 aromatic carbocycles. The Morgan fingerprint density at radius 3 is 2.23 bits per heavy atom. The third-order valence-electron chi connectivity index (χ3n) is 5.70. The predicted molar refractivity (Wildman–Crippen MR) is 145 cm³/mol. The number of hydrogen-bond acceptors (Lipinski definition) is 3. The van der Waals surface area contributed by atoms with Gasteiger partial charge < -0.3 is 15.5 Å². The molecule has 0 aliphatic heterocycles. The SMILES string of the molecule is CCCN(CC(=O)Nc1cc(-c2ccccc2)nn1-c1ccc(Cl)cc1)C(=O)Nc1ccc(C(F)(F)F)cc1. The van der Waals surface area contributed by atoms with E-state index in [-0.39, 0.29) is 18.8 Å². The van der Waals surface area contributed by atoms with Crippen LogP contribution in [0.5, 0.6) is 0 Å². The minimum Gasteiger partial charge on any atom is -0.315 e. The van der Waals surface area contributed by atoms with Crippen LogP contribution in [0.2, 0.25) is 5.02 Å². The Hall–Kier alpha value is -4.31. The highest BCUT2D eigenvalue weighted by atomic mass is 35.5. The summed E-state index contributed by atoms with van der Waals surface area (Å²) < 4.78 is 40.1. The normalized spacial score (nSPS) is 11.2. The van der Waals surface area contributed by atoms with Gasteiger partial charge in [-0.05, 0) is 55.0 Å². The van der Waals surface area contributed by atoms with Crippen molar-refractivity contribution in [2.45, 2.75) is 19.5 Å². The number of rotatable bonds is 8. The molecule has 0 fully saturated rings. The molecule has 4 rings (SSSR count). The van der Waals surface area contributed by atoms with Crippen molar-refractivity contribution in [1.82, 2.24) is 14.7 Å². The van der Waals surface area contributed by atoms with Crippen molar-refractivity contribution in [3.8, 4) is 16.9 Å². The lowest BCUT2D eigenvalue weighted by atomic mass is 10.1. The zero-order valence-electron chi connectivity index (χ0n) is 20.9. The summed E-state index contributed by atoms with van der Waals surface area (Å²) >= 11 is 6.03. The van der Waals surface area contributed by atoms with E-state index in [0.29, 0.717) is 28.6 Å². The first-order valence-electron chi connectivity index (χ1n) is 12.1. The topological polar surface area (TPSA) is 79.3 Å². The van der Waals surface area contributed by atoms with E-state index >= 15 is 0 Å². The second-order valence-corrected chi connectivity index (χ2v) is 9.08. The maximum absolute atomic E-state index is 13.1. The van der Waals surface area contributed by atoms with Crippen LogP contribution in [-0.4, -0.2) is 39.7 Å². The summed E-state index contributed by atoms with van der Waals surface area (Å²) in [6.45, 7) is 1.82. The number of benzene rings is 3. The van der Waals surface area contributed by atoms with Gasteiger partial charge in [0.2, 0.25) is 5.91 Å². The van der Waals surface area contributed by atoms with Gasteiger partial charge in [0.25, 0.3) is 0 Å². The standard InChI is InChI=1S/C28H25ClF3N5O2/c1-2-16-36(27(39)33-22-12-8-20(9-13-22)28(30,31)32)18-26(38)34-25-17-24(19-6-4-3-5-7-19)35-37(25)23-14-10-21(29)11-15-23/h3-15,17H,2,16,18H2,1H3,(H,33,39)(H,34,38). The van der Waals surface area contributed by atoms with Crippen molar-refractivity contribution in [2.24, 2.45) is 0 Å². The number of amides is 3. The molecular weight excluding hydrogens is 531 g/mol. The van der Waals surface area contributed by atoms with Gasteiger partial charge >= 0.3 is 12.2 Å². The lowest BCUT2D eigenvalue weighted by molar-refractivity contribution is -0.137. The van der Waals surface area contributed by atoms with E-state index in [4.69, 9.17) is 11.6 Å². The monoisotopic (exact) mass is 555 g/mol. The van der Waals surface area contributed by atoms with Crippen molar-refractivity contribution < 1.29 is 22.8 Å². The van der Waals surface area contributed by atoms with E-state index in [1.165, 1.54) is 17.0 Å². The number of nitrogens with one attached hydrogen (secondary N) is 2. The van der Waals surface area contributed by atoms with Gasteiger partial charge in [0.05, 0.1) is 16.9 Å². The van der Waals surface area contributed by atoms with Crippen molar-refractivity contribution in [2.75, 3.05) is 23.7 Å². The van der Waals surface area contributed by atoms with Crippen LogP contribution < -0.4 is 10.6 Å². The second-order valence-electron chi connectivity index (χ2n) is 8.64. The number of hydrogen-bond donors (Lipinski definition) is 2. The average Bonchev–Trinajstić information content (AvgIpc) is 3.32. The fourth-order valence-corrected chi connectivity index (χ4v) is 3.95. The summed E-state index contributed by atoms with van der Waals surface area (Å²) in [6, 6.07) is 21.6. The van der Waals surface area contributed by atoms with Crippen LogP contribution in [0.25, 0.3) is 16.9 Å². The summed E-state index contributed by atoms with van der Waals surface area (Å²) in [5.74, 6) is -0.0819. The quantitative estimate of drug-likeness (QED) is 0.243. The molecule has 1 aromatic heterocycles. The fraction of sp³-hybridized carbons (Fsp3) is 0.179. The summed E-state index contributed by atoms with van der Waals surface area (Å²) in [5, 5.41) is 10.6. The van der Waals surface area contributed by atoms with Crippen LogP contribution in [0.15, 0.2) is 84.9 Å². The molecule has 2 N–H and O–H groups in total. The Bertz CT molecular complexity index is 1420. The van der Waals surface area contributed by atoms with Crippen molar-refractivity contribution >= 4 is 35.0 Å². The highest BCUT2D eigenvalue weighted by Crippen LogP contribution is 2.30. The number of alkyl halides is 3. The molecule has 202 valence electrons. The van der Waals surface area contributed by atoms with E-state index in [0.717, 1.165) is 17.7 Å². The number of aromatic nitrogens is 2.